The third-order valence-corrected chi connectivity index (χ3v) is 2.89. The number of carbonyl (C=O) groups is 1. The maximum atomic E-state index is 12.3. The van der Waals surface area contributed by atoms with Crippen LogP contribution < -0.4 is 15.8 Å². The lowest BCUT2D eigenvalue weighted by molar-refractivity contribution is 0.102. The fourth-order valence-electron chi connectivity index (χ4n) is 1.84. The summed E-state index contributed by atoms with van der Waals surface area (Å²) in [5.41, 5.74) is 7.16. The van der Waals surface area contributed by atoms with Crippen molar-refractivity contribution in [1.29, 1.82) is 0 Å². The zero-order valence-corrected chi connectivity index (χ0v) is 11.8. The van der Waals surface area contributed by atoms with E-state index in [-0.39, 0.29) is 11.9 Å². The average Bonchev–Trinajstić information content (AvgIpc) is 2.86. The molecule has 0 bridgehead atoms. The third kappa shape index (κ3) is 2.74. The number of methoxy groups -OCH3 is 1. The lowest BCUT2D eigenvalue weighted by Crippen LogP contribution is -2.15. The summed E-state index contributed by atoms with van der Waals surface area (Å²) < 4.78 is 6.93. The van der Waals surface area contributed by atoms with Crippen molar-refractivity contribution in [2.75, 3.05) is 18.2 Å². The minimum atomic E-state index is -0.316. The van der Waals surface area contributed by atoms with Crippen LogP contribution in [0.5, 0.6) is 5.75 Å². The molecule has 0 unspecified atom stereocenters. The summed E-state index contributed by atoms with van der Waals surface area (Å²) in [7, 11) is 1.50. The molecule has 0 radical (unpaired) electrons. The van der Waals surface area contributed by atoms with Crippen molar-refractivity contribution in [2.24, 2.45) is 0 Å². The Labute approximate surface area is 117 Å². The van der Waals surface area contributed by atoms with Gasteiger partial charge >= 0.3 is 0 Å². The SMILES string of the molecule is COc1cccc(N)c1C(=O)Nc1cnn(C(C)C)c1. The Morgan fingerprint density at radius 3 is 2.80 bits per heavy atom. The molecule has 0 aliphatic rings. The van der Waals surface area contributed by atoms with Gasteiger partial charge in [0.25, 0.3) is 5.91 Å². The summed E-state index contributed by atoms with van der Waals surface area (Å²) >= 11 is 0. The molecular weight excluding hydrogens is 256 g/mol. The van der Waals surface area contributed by atoms with Crippen molar-refractivity contribution in [3.63, 3.8) is 0 Å². The third-order valence-electron chi connectivity index (χ3n) is 2.89. The second-order valence-corrected chi connectivity index (χ2v) is 4.68. The van der Waals surface area contributed by atoms with E-state index in [2.05, 4.69) is 10.4 Å². The number of anilines is 2. The van der Waals surface area contributed by atoms with Crippen LogP contribution in [0.1, 0.15) is 30.2 Å². The highest BCUT2D eigenvalue weighted by molar-refractivity contribution is 6.09. The molecule has 1 aromatic carbocycles. The van der Waals surface area contributed by atoms with Gasteiger partial charge in [-0.05, 0) is 26.0 Å². The molecule has 6 nitrogen and oxygen atoms in total. The molecule has 0 atom stereocenters. The number of aromatic nitrogens is 2. The normalized spacial score (nSPS) is 10.6. The molecule has 0 spiro atoms. The molecule has 0 fully saturated rings. The zero-order chi connectivity index (χ0) is 14.7. The van der Waals surface area contributed by atoms with E-state index >= 15 is 0 Å². The average molecular weight is 274 g/mol. The van der Waals surface area contributed by atoms with Crippen LogP contribution in [0.3, 0.4) is 0 Å². The van der Waals surface area contributed by atoms with Gasteiger partial charge in [0, 0.05) is 17.9 Å². The standard InChI is InChI=1S/C14H18N4O2/c1-9(2)18-8-10(7-16-18)17-14(19)13-11(15)5-4-6-12(13)20-3/h4-9H,15H2,1-3H3,(H,17,19). The van der Waals surface area contributed by atoms with Gasteiger partial charge in [-0.1, -0.05) is 6.07 Å². The number of benzene rings is 1. The Bertz CT molecular complexity index is 619. The summed E-state index contributed by atoms with van der Waals surface area (Å²) in [6.45, 7) is 4.02. The van der Waals surface area contributed by atoms with E-state index in [1.807, 2.05) is 13.8 Å². The number of nitrogens with two attached hydrogens (primary N) is 1. The molecule has 0 aliphatic heterocycles. The first kappa shape index (κ1) is 13.9. The van der Waals surface area contributed by atoms with Crippen LogP contribution in [0.25, 0.3) is 0 Å². The highest BCUT2D eigenvalue weighted by atomic mass is 16.5. The van der Waals surface area contributed by atoms with E-state index in [4.69, 9.17) is 10.5 Å². The predicted molar refractivity (Wildman–Crippen MR) is 78.0 cm³/mol. The maximum Gasteiger partial charge on any atom is 0.261 e. The minimum Gasteiger partial charge on any atom is -0.496 e. The summed E-state index contributed by atoms with van der Waals surface area (Å²) in [6, 6.07) is 5.33. The van der Waals surface area contributed by atoms with Crippen molar-refractivity contribution < 1.29 is 9.53 Å². The molecule has 1 heterocycles. The zero-order valence-electron chi connectivity index (χ0n) is 11.8. The van der Waals surface area contributed by atoms with Crippen LogP contribution in [0.15, 0.2) is 30.6 Å². The molecule has 2 aromatic rings. The Morgan fingerprint density at radius 2 is 2.20 bits per heavy atom. The molecule has 0 aliphatic carbocycles. The summed E-state index contributed by atoms with van der Waals surface area (Å²) in [5, 5.41) is 6.93. The first-order valence-electron chi connectivity index (χ1n) is 6.31. The Morgan fingerprint density at radius 1 is 1.45 bits per heavy atom. The first-order chi connectivity index (χ1) is 9.52. The quantitative estimate of drug-likeness (QED) is 0.838. The topological polar surface area (TPSA) is 82.2 Å². The van der Waals surface area contributed by atoms with Gasteiger partial charge in [0.15, 0.2) is 0 Å². The number of amides is 1. The lowest BCUT2D eigenvalue weighted by Gasteiger charge is -2.10. The highest BCUT2D eigenvalue weighted by Crippen LogP contribution is 2.25. The number of nitrogens with zero attached hydrogens (tertiary/aromatic N) is 2. The number of carbonyl (C=O) groups excluding carboxylic acids is 1. The molecule has 20 heavy (non-hydrogen) atoms. The van der Waals surface area contributed by atoms with E-state index in [0.29, 0.717) is 22.7 Å². The van der Waals surface area contributed by atoms with E-state index in [1.54, 1.807) is 35.3 Å². The number of nitrogen functional groups attached to an aromatic ring is 1. The van der Waals surface area contributed by atoms with Gasteiger partial charge in [0.2, 0.25) is 0 Å². The number of ether oxygens (including phenoxy) is 1. The van der Waals surface area contributed by atoms with Gasteiger partial charge in [0.1, 0.15) is 11.3 Å². The summed E-state index contributed by atoms with van der Waals surface area (Å²) in [5.74, 6) is 0.127. The Balaban J connectivity index is 2.23. The van der Waals surface area contributed by atoms with Crippen LogP contribution >= 0.6 is 0 Å². The summed E-state index contributed by atoms with van der Waals surface area (Å²) in [4.78, 5) is 12.3. The van der Waals surface area contributed by atoms with Gasteiger partial charge in [-0.15, -0.1) is 0 Å². The number of hydrogen-bond donors (Lipinski definition) is 2. The highest BCUT2D eigenvalue weighted by Gasteiger charge is 2.16. The molecule has 0 saturated heterocycles. The molecule has 0 saturated carbocycles. The first-order valence-corrected chi connectivity index (χ1v) is 6.31. The van der Waals surface area contributed by atoms with Crippen LogP contribution in [0.4, 0.5) is 11.4 Å². The lowest BCUT2D eigenvalue weighted by atomic mass is 10.1. The number of hydrogen-bond acceptors (Lipinski definition) is 4. The van der Waals surface area contributed by atoms with Crippen molar-refractivity contribution in [1.82, 2.24) is 9.78 Å². The summed E-state index contributed by atoms with van der Waals surface area (Å²) in [6.07, 6.45) is 3.37. The monoisotopic (exact) mass is 274 g/mol. The van der Waals surface area contributed by atoms with Crippen LogP contribution in [0, 0.1) is 0 Å². The van der Waals surface area contributed by atoms with Gasteiger partial charge in [-0.2, -0.15) is 5.10 Å². The van der Waals surface area contributed by atoms with E-state index in [0.717, 1.165) is 0 Å². The molecule has 6 heteroatoms. The Hall–Kier alpha value is -2.50. The van der Waals surface area contributed by atoms with Gasteiger partial charge in [0.05, 0.1) is 19.0 Å². The largest absolute Gasteiger partial charge is 0.496 e. The molecule has 106 valence electrons. The van der Waals surface area contributed by atoms with E-state index in [9.17, 15) is 4.79 Å². The predicted octanol–water partition coefficient (Wildman–Crippen LogP) is 2.31. The maximum absolute atomic E-state index is 12.3. The number of rotatable bonds is 4. The second kappa shape index (κ2) is 5.64. The molecule has 1 aromatic heterocycles. The molecule has 1 amide bonds. The van der Waals surface area contributed by atoms with Crippen LogP contribution in [-0.2, 0) is 0 Å². The van der Waals surface area contributed by atoms with Crippen molar-refractivity contribution >= 4 is 17.3 Å². The smallest absolute Gasteiger partial charge is 0.261 e. The Kier molecular flexibility index (Phi) is 3.93. The van der Waals surface area contributed by atoms with Crippen molar-refractivity contribution in [2.45, 2.75) is 19.9 Å². The van der Waals surface area contributed by atoms with Crippen LogP contribution in [0.2, 0.25) is 0 Å². The van der Waals surface area contributed by atoms with Crippen molar-refractivity contribution in [3.05, 3.63) is 36.2 Å². The molecular formula is C14H18N4O2. The van der Waals surface area contributed by atoms with E-state index < -0.39 is 0 Å². The van der Waals surface area contributed by atoms with Gasteiger partial charge < -0.3 is 15.8 Å². The van der Waals surface area contributed by atoms with Gasteiger partial charge in [-0.25, -0.2) is 0 Å². The molecule has 3 N–H and O–H groups in total. The minimum absolute atomic E-state index is 0.233. The number of nitrogens with one attached hydrogen (secondary N) is 1. The van der Waals surface area contributed by atoms with Crippen LogP contribution in [-0.4, -0.2) is 22.8 Å². The fraction of sp³-hybridized carbons (Fsp3) is 0.286. The second-order valence-electron chi connectivity index (χ2n) is 4.68. The fourth-order valence-corrected chi connectivity index (χ4v) is 1.84. The van der Waals surface area contributed by atoms with E-state index in [1.165, 1.54) is 7.11 Å². The molecule has 2 rings (SSSR count). The van der Waals surface area contributed by atoms with Gasteiger partial charge in [-0.3, -0.25) is 9.48 Å². The van der Waals surface area contributed by atoms with Crippen molar-refractivity contribution in [3.8, 4) is 5.75 Å².